The summed E-state index contributed by atoms with van der Waals surface area (Å²) in [6.07, 6.45) is 5.72. The Bertz CT molecular complexity index is 778. The summed E-state index contributed by atoms with van der Waals surface area (Å²) >= 11 is 0. The second-order valence-corrected chi connectivity index (χ2v) is 5.87. The predicted molar refractivity (Wildman–Crippen MR) is 99.2 cm³/mol. The van der Waals surface area contributed by atoms with Gasteiger partial charge in [0.15, 0.2) is 11.5 Å². The number of anilines is 1. The Hall–Kier alpha value is -2.79. The van der Waals surface area contributed by atoms with E-state index in [1.54, 1.807) is 6.21 Å². The van der Waals surface area contributed by atoms with E-state index >= 15 is 0 Å². The minimum atomic E-state index is 0.296. The third-order valence-corrected chi connectivity index (χ3v) is 4.22. The lowest BCUT2D eigenvalue weighted by Gasteiger charge is -2.28. The fourth-order valence-electron chi connectivity index (χ4n) is 2.87. The number of allylic oxidation sites excluding steroid dienone is 1. The predicted octanol–water partition coefficient (Wildman–Crippen LogP) is 3.67. The smallest absolute Gasteiger partial charge is 0.231 e. The van der Waals surface area contributed by atoms with Gasteiger partial charge in [0.25, 0.3) is 0 Å². The number of rotatable bonds is 4. The van der Waals surface area contributed by atoms with Crippen molar-refractivity contribution >= 4 is 23.7 Å². The van der Waals surface area contributed by atoms with E-state index in [9.17, 15) is 0 Å². The molecule has 0 spiro atoms. The molecule has 0 aromatic heterocycles. The first-order chi connectivity index (χ1) is 12.4. The lowest BCUT2D eigenvalue weighted by Crippen LogP contribution is -2.36. The number of aliphatic imine (C=N–C) groups is 1. The van der Waals surface area contributed by atoms with Crippen LogP contribution in [-0.4, -0.2) is 39.3 Å². The zero-order valence-corrected chi connectivity index (χ0v) is 13.9. The number of nitrogens with zero attached hydrogens (tertiary/aromatic N) is 2. The monoisotopic (exact) mass is 336 g/mol. The first-order valence-electron chi connectivity index (χ1n) is 8.42. The zero-order chi connectivity index (χ0) is 16.9. The lowest BCUT2D eigenvalue weighted by molar-refractivity contribution is 0.122. The van der Waals surface area contributed by atoms with E-state index in [1.165, 1.54) is 5.69 Å². The first kappa shape index (κ1) is 15.7. The molecule has 2 aromatic carbocycles. The molecule has 0 N–H and O–H groups in total. The molecule has 128 valence electrons. The highest BCUT2D eigenvalue weighted by Crippen LogP contribution is 2.32. The van der Waals surface area contributed by atoms with Gasteiger partial charge in [-0.15, -0.1) is 0 Å². The van der Waals surface area contributed by atoms with Crippen LogP contribution in [0.4, 0.5) is 11.4 Å². The summed E-state index contributed by atoms with van der Waals surface area (Å²) in [4.78, 5) is 6.80. The average molecular weight is 336 g/mol. The Morgan fingerprint density at radius 1 is 0.920 bits per heavy atom. The van der Waals surface area contributed by atoms with Gasteiger partial charge in [-0.1, -0.05) is 12.1 Å². The molecule has 0 radical (unpaired) electrons. The van der Waals surface area contributed by atoms with Gasteiger partial charge in [-0.25, -0.2) is 0 Å². The molecule has 5 nitrogen and oxygen atoms in total. The van der Waals surface area contributed by atoms with Gasteiger partial charge < -0.3 is 19.1 Å². The molecule has 25 heavy (non-hydrogen) atoms. The second-order valence-electron chi connectivity index (χ2n) is 5.87. The summed E-state index contributed by atoms with van der Waals surface area (Å²) in [5.41, 5.74) is 3.21. The molecular weight excluding hydrogens is 316 g/mol. The molecular formula is C20H20N2O3. The summed E-state index contributed by atoms with van der Waals surface area (Å²) in [5.74, 6) is 1.59. The minimum Gasteiger partial charge on any atom is -0.454 e. The fraction of sp³-hybridized carbons (Fsp3) is 0.250. The topological polar surface area (TPSA) is 43.3 Å². The van der Waals surface area contributed by atoms with Crippen molar-refractivity contribution in [1.82, 2.24) is 0 Å². The summed E-state index contributed by atoms with van der Waals surface area (Å²) in [6, 6.07) is 14.2. The Morgan fingerprint density at radius 3 is 2.56 bits per heavy atom. The number of ether oxygens (including phenoxy) is 3. The molecule has 4 rings (SSSR count). The van der Waals surface area contributed by atoms with E-state index in [0.717, 1.165) is 49.1 Å². The fourth-order valence-corrected chi connectivity index (χ4v) is 2.87. The molecule has 2 aliphatic rings. The summed E-state index contributed by atoms with van der Waals surface area (Å²) in [5, 5.41) is 0. The standard InChI is InChI=1S/C20H20N2O3/c1(2-16-3-8-19-20(14-16)25-15-24-19)9-21-17-4-6-18(7-5-17)22-10-12-23-13-11-22/h1-9,14H,10-13,15H2. The van der Waals surface area contributed by atoms with Gasteiger partial charge in [0.2, 0.25) is 6.79 Å². The van der Waals surface area contributed by atoms with Crippen LogP contribution in [0.15, 0.2) is 53.5 Å². The maximum atomic E-state index is 5.38. The van der Waals surface area contributed by atoms with Gasteiger partial charge in [-0.2, -0.15) is 0 Å². The molecule has 2 heterocycles. The van der Waals surface area contributed by atoms with Crippen LogP contribution in [0.25, 0.3) is 6.08 Å². The molecule has 0 amide bonds. The first-order valence-corrected chi connectivity index (χ1v) is 8.42. The molecule has 2 aromatic rings. The number of fused-ring (bicyclic) bond motifs is 1. The van der Waals surface area contributed by atoms with Gasteiger partial charge in [0.05, 0.1) is 18.9 Å². The molecule has 2 aliphatic heterocycles. The normalized spacial score (nSPS) is 16.9. The highest BCUT2D eigenvalue weighted by Gasteiger charge is 2.12. The van der Waals surface area contributed by atoms with E-state index in [2.05, 4.69) is 22.0 Å². The van der Waals surface area contributed by atoms with Crippen molar-refractivity contribution in [2.75, 3.05) is 38.0 Å². The van der Waals surface area contributed by atoms with Crippen LogP contribution >= 0.6 is 0 Å². The van der Waals surface area contributed by atoms with Crippen molar-refractivity contribution in [3.8, 4) is 11.5 Å². The summed E-state index contributed by atoms with van der Waals surface area (Å²) in [7, 11) is 0. The van der Waals surface area contributed by atoms with Gasteiger partial charge in [-0.05, 0) is 48.0 Å². The van der Waals surface area contributed by atoms with Crippen molar-refractivity contribution in [2.45, 2.75) is 0 Å². The zero-order valence-electron chi connectivity index (χ0n) is 13.9. The molecule has 5 heteroatoms. The Labute approximate surface area is 147 Å². The van der Waals surface area contributed by atoms with Crippen LogP contribution in [0, 0.1) is 0 Å². The number of morpholine rings is 1. The van der Waals surface area contributed by atoms with Crippen LogP contribution in [0.1, 0.15) is 5.56 Å². The van der Waals surface area contributed by atoms with Crippen molar-refractivity contribution in [3.05, 3.63) is 54.1 Å². The van der Waals surface area contributed by atoms with E-state index in [4.69, 9.17) is 14.2 Å². The molecule has 0 atom stereocenters. The SMILES string of the molecule is C(=Cc1ccc2c(c1)OCO2)C=Nc1ccc(N2CCOCC2)cc1. The Kier molecular flexibility index (Phi) is 4.65. The largest absolute Gasteiger partial charge is 0.454 e. The lowest BCUT2D eigenvalue weighted by atomic mass is 10.2. The van der Waals surface area contributed by atoms with Crippen molar-refractivity contribution in [2.24, 2.45) is 4.99 Å². The van der Waals surface area contributed by atoms with Crippen molar-refractivity contribution in [3.63, 3.8) is 0 Å². The quantitative estimate of drug-likeness (QED) is 0.799. The molecule has 0 bridgehead atoms. The van der Waals surface area contributed by atoms with E-state index in [-0.39, 0.29) is 0 Å². The summed E-state index contributed by atoms with van der Waals surface area (Å²) in [6.45, 7) is 3.78. The van der Waals surface area contributed by atoms with Crippen LogP contribution < -0.4 is 14.4 Å². The van der Waals surface area contributed by atoms with Crippen LogP contribution in [0.3, 0.4) is 0 Å². The van der Waals surface area contributed by atoms with Gasteiger partial charge >= 0.3 is 0 Å². The minimum absolute atomic E-state index is 0.296. The second kappa shape index (κ2) is 7.40. The number of hydrogen-bond donors (Lipinski definition) is 0. The Morgan fingerprint density at radius 2 is 1.72 bits per heavy atom. The van der Waals surface area contributed by atoms with Crippen molar-refractivity contribution < 1.29 is 14.2 Å². The highest BCUT2D eigenvalue weighted by atomic mass is 16.7. The molecule has 0 aliphatic carbocycles. The Balaban J connectivity index is 1.36. The van der Waals surface area contributed by atoms with Gasteiger partial charge in [-0.3, -0.25) is 4.99 Å². The van der Waals surface area contributed by atoms with E-state index < -0.39 is 0 Å². The van der Waals surface area contributed by atoms with Crippen LogP contribution in [-0.2, 0) is 4.74 Å². The van der Waals surface area contributed by atoms with Gasteiger partial charge in [0, 0.05) is 25.0 Å². The maximum Gasteiger partial charge on any atom is 0.231 e. The molecule has 1 fully saturated rings. The average Bonchev–Trinajstić information content (AvgIpc) is 3.14. The highest BCUT2D eigenvalue weighted by molar-refractivity contribution is 5.81. The molecule has 0 unspecified atom stereocenters. The third kappa shape index (κ3) is 3.83. The number of hydrogen-bond acceptors (Lipinski definition) is 5. The van der Waals surface area contributed by atoms with Crippen LogP contribution in [0.2, 0.25) is 0 Å². The maximum absolute atomic E-state index is 5.38. The van der Waals surface area contributed by atoms with Gasteiger partial charge in [0.1, 0.15) is 0 Å². The molecule has 1 saturated heterocycles. The van der Waals surface area contributed by atoms with E-state index in [1.807, 2.05) is 42.5 Å². The van der Waals surface area contributed by atoms with Crippen LogP contribution in [0.5, 0.6) is 11.5 Å². The van der Waals surface area contributed by atoms with Crippen molar-refractivity contribution in [1.29, 1.82) is 0 Å². The summed E-state index contributed by atoms with van der Waals surface area (Å²) < 4.78 is 16.1. The molecule has 0 saturated carbocycles. The number of benzene rings is 2. The van der Waals surface area contributed by atoms with E-state index in [0.29, 0.717) is 6.79 Å². The third-order valence-electron chi connectivity index (χ3n) is 4.22.